The quantitative estimate of drug-likeness (QED) is 0.711. The molecule has 2 aromatic rings. The summed E-state index contributed by atoms with van der Waals surface area (Å²) in [5, 5.41) is 9.91. The number of hydrogen-bond donors (Lipinski definition) is 0. The molecule has 0 atom stereocenters. The molecule has 0 bridgehead atoms. The van der Waals surface area contributed by atoms with Crippen LogP contribution in [-0.2, 0) is 0 Å². The van der Waals surface area contributed by atoms with Gasteiger partial charge in [-0.15, -0.1) is 11.3 Å². The zero-order valence-electron chi connectivity index (χ0n) is 6.34. The Morgan fingerprint density at radius 1 is 1.31 bits per heavy atom. The van der Waals surface area contributed by atoms with Crippen LogP contribution in [-0.4, -0.2) is 0 Å². The first-order chi connectivity index (χ1) is 6.22. The van der Waals surface area contributed by atoms with E-state index < -0.39 is 0 Å². The maximum atomic E-state index is 8.81. The molecule has 0 radical (unpaired) electrons. The second-order valence-corrected chi connectivity index (χ2v) is 5.26. The lowest BCUT2D eigenvalue weighted by atomic mass is 10.2. The van der Waals surface area contributed by atoms with Crippen molar-refractivity contribution in [2.75, 3.05) is 0 Å². The van der Waals surface area contributed by atoms with E-state index in [0.717, 1.165) is 23.9 Å². The van der Waals surface area contributed by atoms with Crippen molar-refractivity contribution in [3.8, 4) is 6.07 Å². The summed E-state index contributed by atoms with van der Waals surface area (Å²) in [6, 6.07) is 8.15. The first kappa shape index (κ1) is 9.20. The minimum absolute atomic E-state index is 0.730. The maximum absolute atomic E-state index is 8.81. The molecule has 0 aliphatic rings. The third-order valence-corrected chi connectivity index (χ3v) is 4.33. The van der Waals surface area contributed by atoms with Gasteiger partial charge < -0.3 is 0 Å². The van der Waals surface area contributed by atoms with Crippen molar-refractivity contribution in [2.45, 2.75) is 0 Å². The molecule has 64 valence electrons. The zero-order chi connectivity index (χ0) is 9.42. The largest absolute Gasteiger partial charge is 0.191 e. The Hall–Kier alpha value is -0.370. The van der Waals surface area contributed by atoms with Crippen LogP contribution in [0.5, 0.6) is 0 Å². The highest BCUT2D eigenvalue weighted by molar-refractivity contribution is 9.11. The number of benzene rings is 1. The van der Waals surface area contributed by atoms with E-state index >= 15 is 0 Å². The van der Waals surface area contributed by atoms with Crippen LogP contribution >= 0.6 is 43.2 Å². The van der Waals surface area contributed by atoms with E-state index in [9.17, 15) is 0 Å². The van der Waals surface area contributed by atoms with Crippen molar-refractivity contribution in [1.82, 2.24) is 0 Å². The Morgan fingerprint density at radius 2 is 2.08 bits per heavy atom. The van der Waals surface area contributed by atoms with Gasteiger partial charge in [0.15, 0.2) is 0 Å². The zero-order valence-corrected chi connectivity index (χ0v) is 10.3. The molecular weight excluding hydrogens is 314 g/mol. The smallest absolute Gasteiger partial charge is 0.120 e. The standard InChI is InChI=1S/C9H3Br2NS/c10-5-1-2-6-7(3-5)13-8(4-12)9(6)11/h1-3H. The van der Waals surface area contributed by atoms with Crippen molar-refractivity contribution in [3.63, 3.8) is 0 Å². The minimum Gasteiger partial charge on any atom is -0.191 e. The van der Waals surface area contributed by atoms with E-state index in [1.807, 2.05) is 18.2 Å². The Morgan fingerprint density at radius 3 is 2.77 bits per heavy atom. The SMILES string of the molecule is N#Cc1sc2cc(Br)ccc2c1Br. The fourth-order valence-electron chi connectivity index (χ4n) is 1.11. The average molecular weight is 317 g/mol. The lowest BCUT2D eigenvalue weighted by molar-refractivity contribution is 1.52. The molecule has 0 aliphatic carbocycles. The van der Waals surface area contributed by atoms with E-state index in [0.29, 0.717) is 0 Å². The summed E-state index contributed by atoms with van der Waals surface area (Å²) in [7, 11) is 0. The molecule has 1 nitrogen and oxygen atoms in total. The Bertz CT molecular complexity index is 510. The second kappa shape index (κ2) is 3.41. The Kier molecular flexibility index (Phi) is 2.41. The summed E-state index contributed by atoms with van der Waals surface area (Å²) in [4.78, 5) is 0.730. The van der Waals surface area contributed by atoms with Gasteiger partial charge in [0, 0.05) is 14.6 Å². The number of rotatable bonds is 0. The predicted molar refractivity (Wildman–Crippen MR) is 61.9 cm³/mol. The number of halogens is 2. The van der Waals surface area contributed by atoms with Crippen molar-refractivity contribution in [3.05, 3.63) is 32.0 Å². The fraction of sp³-hybridized carbons (Fsp3) is 0. The maximum Gasteiger partial charge on any atom is 0.120 e. The van der Waals surface area contributed by atoms with Crippen LogP contribution in [0.3, 0.4) is 0 Å². The summed E-state index contributed by atoms with van der Waals surface area (Å²) in [5.41, 5.74) is 0. The van der Waals surface area contributed by atoms with Crippen LogP contribution in [0.1, 0.15) is 4.88 Å². The van der Waals surface area contributed by atoms with Gasteiger partial charge in [-0.05, 0) is 28.1 Å². The molecule has 2 rings (SSSR count). The van der Waals surface area contributed by atoms with Crippen molar-refractivity contribution >= 4 is 53.3 Å². The number of fused-ring (bicyclic) bond motifs is 1. The van der Waals surface area contributed by atoms with E-state index in [-0.39, 0.29) is 0 Å². The number of nitrogens with zero attached hydrogens (tertiary/aromatic N) is 1. The molecule has 1 aromatic carbocycles. The molecule has 1 aromatic heterocycles. The highest BCUT2D eigenvalue weighted by atomic mass is 79.9. The Balaban J connectivity index is 2.86. The predicted octanol–water partition coefficient (Wildman–Crippen LogP) is 4.30. The van der Waals surface area contributed by atoms with E-state index in [1.165, 1.54) is 11.3 Å². The summed E-state index contributed by atoms with van der Waals surface area (Å²) in [6.45, 7) is 0. The van der Waals surface area contributed by atoms with Crippen LogP contribution in [0.4, 0.5) is 0 Å². The van der Waals surface area contributed by atoms with Crippen LogP contribution < -0.4 is 0 Å². The molecule has 0 saturated carbocycles. The van der Waals surface area contributed by atoms with Gasteiger partial charge in [-0.3, -0.25) is 0 Å². The molecule has 1 heterocycles. The van der Waals surface area contributed by atoms with E-state index in [1.54, 1.807) is 0 Å². The lowest BCUT2D eigenvalue weighted by Gasteiger charge is -1.90. The minimum atomic E-state index is 0.730. The second-order valence-electron chi connectivity index (χ2n) is 2.50. The summed E-state index contributed by atoms with van der Waals surface area (Å²) < 4.78 is 3.07. The van der Waals surface area contributed by atoms with E-state index in [4.69, 9.17) is 5.26 Å². The van der Waals surface area contributed by atoms with Gasteiger partial charge in [-0.25, -0.2) is 0 Å². The molecule has 0 unspecified atom stereocenters. The summed E-state index contributed by atoms with van der Waals surface area (Å²) >= 11 is 8.31. The summed E-state index contributed by atoms with van der Waals surface area (Å²) in [6.07, 6.45) is 0. The van der Waals surface area contributed by atoms with Gasteiger partial charge in [0.25, 0.3) is 0 Å². The van der Waals surface area contributed by atoms with Crippen LogP contribution in [0.25, 0.3) is 10.1 Å². The molecule has 13 heavy (non-hydrogen) atoms. The first-order valence-electron chi connectivity index (χ1n) is 3.50. The average Bonchev–Trinajstić information content (AvgIpc) is 2.42. The molecule has 0 N–H and O–H groups in total. The third kappa shape index (κ3) is 1.52. The topological polar surface area (TPSA) is 23.8 Å². The number of thiophene rings is 1. The normalized spacial score (nSPS) is 10.2. The first-order valence-corrected chi connectivity index (χ1v) is 5.90. The molecule has 0 saturated heterocycles. The van der Waals surface area contributed by atoms with Crippen molar-refractivity contribution in [1.29, 1.82) is 5.26 Å². The van der Waals surface area contributed by atoms with Gasteiger partial charge in [0.1, 0.15) is 10.9 Å². The highest BCUT2D eigenvalue weighted by Crippen LogP contribution is 2.36. The Labute approximate surface area is 96.2 Å². The van der Waals surface area contributed by atoms with Gasteiger partial charge >= 0.3 is 0 Å². The van der Waals surface area contributed by atoms with Crippen LogP contribution in [0.2, 0.25) is 0 Å². The van der Waals surface area contributed by atoms with Gasteiger partial charge in [0.05, 0.1) is 4.47 Å². The molecule has 4 heteroatoms. The lowest BCUT2D eigenvalue weighted by Crippen LogP contribution is -1.66. The molecule has 0 spiro atoms. The summed E-state index contributed by atoms with van der Waals surface area (Å²) in [5.74, 6) is 0. The van der Waals surface area contributed by atoms with Crippen molar-refractivity contribution < 1.29 is 0 Å². The van der Waals surface area contributed by atoms with Gasteiger partial charge in [-0.1, -0.05) is 22.0 Å². The van der Waals surface area contributed by atoms with Crippen LogP contribution in [0.15, 0.2) is 27.1 Å². The number of hydrogen-bond acceptors (Lipinski definition) is 2. The molecule has 0 amide bonds. The molecule has 0 aliphatic heterocycles. The van der Waals surface area contributed by atoms with E-state index in [2.05, 4.69) is 37.9 Å². The number of nitriles is 1. The molecule has 0 fully saturated rings. The fourth-order valence-corrected chi connectivity index (χ4v) is 3.36. The van der Waals surface area contributed by atoms with Gasteiger partial charge in [0.2, 0.25) is 0 Å². The van der Waals surface area contributed by atoms with Crippen molar-refractivity contribution in [2.24, 2.45) is 0 Å². The van der Waals surface area contributed by atoms with Crippen LogP contribution in [0, 0.1) is 11.3 Å². The highest BCUT2D eigenvalue weighted by Gasteiger charge is 2.08. The monoisotopic (exact) mass is 315 g/mol. The third-order valence-electron chi connectivity index (χ3n) is 1.69. The van der Waals surface area contributed by atoms with Gasteiger partial charge in [-0.2, -0.15) is 5.26 Å². The molecular formula is C9H3Br2NS.